The van der Waals surface area contributed by atoms with Gasteiger partial charge in [0.2, 0.25) is 0 Å². The van der Waals surface area contributed by atoms with E-state index in [4.69, 9.17) is 37.9 Å². The summed E-state index contributed by atoms with van der Waals surface area (Å²) >= 11 is 0. The normalized spacial score (nSPS) is 13.0. The summed E-state index contributed by atoms with van der Waals surface area (Å²) in [5.41, 5.74) is 36.4. The molecule has 18 aromatic carbocycles. The van der Waals surface area contributed by atoms with E-state index in [1.54, 1.807) is 0 Å². The fourth-order valence-electron chi connectivity index (χ4n) is 21.1. The molecule has 0 fully saturated rings. The standard InChI is InChI=1S/2C36H31BO2.2C27H21BO2/c1-22(2)24-8-12-26(13-9-24)28-16-18-32-30(20-28)37-31-21-29(27-14-10-25(11-15-27)23(3)4)17-19-33(31)39-35-7-5-6-34(38-32)36(35)37;1-22(2)24-8-12-26(13-9-24)28-16-18-30-34(20-28)38-32-6-5-7-33-36(32)37(30)31-19-17-29(21-35(31)39-33)27-14-10-25(11-15-27)23(3)4;1-17(2)18-10-12-19(13-11-18)20-14-15-24-22(16-20)28-21-6-3-4-7-23(21)29-25-8-5-9-26(30-24)27(25)28;1-17(2)18-10-12-19(13-11-18)20-14-15-22-26(16-20)30-25-9-5-8-24-27(25)28(22)21-6-3-4-7-23(21)29-24/h2*5-23H,1-4H3;2*3-17H,1-2H3. The van der Waals surface area contributed by atoms with Crippen LogP contribution in [-0.2, 0) is 0 Å². The van der Waals surface area contributed by atoms with Crippen LogP contribution in [0.5, 0.6) is 92.0 Å². The Kier molecular flexibility index (Phi) is 22.4. The van der Waals surface area contributed by atoms with Crippen molar-refractivity contribution in [3.8, 4) is 159 Å². The highest BCUT2D eigenvalue weighted by atomic mass is 16.5. The number of para-hydroxylation sites is 2. The van der Waals surface area contributed by atoms with Crippen LogP contribution >= 0.6 is 0 Å². The van der Waals surface area contributed by atoms with Crippen LogP contribution in [0.15, 0.2) is 376 Å². The summed E-state index contributed by atoms with van der Waals surface area (Å²) in [6.07, 6.45) is 0. The Hall–Kier alpha value is -15.4. The van der Waals surface area contributed by atoms with Gasteiger partial charge in [0.25, 0.3) is 26.9 Å². The molecule has 0 unspecified atom stereocenters. The fraction of sp³-hybridized carbons (Fsp3) is 0.143. The second-order valence-corrected chi connectivity index (χ2v) is 39.5. The molecule has 0 saturated carbocycles. The van der Waals surface area contributed by atoms with Gasteiger partial charge in [-0.05, 0) is 276 Å². The van der Waals surface area contributed by atoms with Crippen molar-refractivity contribution in [1.29, 1.82) is 0 Å². The van der Waals surface area contributed by atoms with Crippen molar-refractivity contribution in [2.75, 3.05) is 0 Å². The maximum absolute atomic E-state index is 6.51. The van der Waals surface area contributed by atoms with Gasteiger partial charge >= 0.3 is 0 Å². The summed E-state index contributed by atoms with van der Waals surface area (Å²) in [6, 6.07) is 134. The summed E-state index contributed by atoms with van der Waals surface area (Å²) in [6.45, 7) is 27.1. The van der Waals surface area contributed by atoms with Gasteiger partial charge in [0.15, 0.2) is 0 Å². The predicted molar refractivity (Wildman–Crippen MR) is 574 cm³/mol. The molecule has 0 aromatic heterocycles. The molecule has 0 N–H and O–H groups in total. The van der Waals surface area contributed by atoms with Crippen LogP contribution < -0.4 is 103 Å². The fourth-order valence-corrected chi connectivity index (χ4v) is 21.1. The van der Waals surface area contributed by atoms with Gasteiger partial charge in [0.1, 0.15) is 92.0 Å². The molecule has 0 radical (unpaired) electrons. The molecule has 0 aliphatic carbocycles. The van der Waals surface area contributed by atoms with E-state index >= 15 is 0 Å². The minimum absolute atomic E-state index is 0.0356. The van der Waals surface area contributed by atoms with Crippen LogP contribution in [0.4, 0.5) is 0 Å². The Morgan fingerprint density at radius 2 is 0.290 bits per heavy atom. The molecule has 0 amide bonds. The van der Waals surface area contributed by atoms with Gasteiger partial charge in [-0.3, -0.25) is 0 Å². The largest absolute Gasteiger partial charge is 0.458 e. The van der Waals surface area contributed by atoms with Crippen molar-refractivity contribution in [2.24, 2.45) is 0 Å². The maximum Gasteiger partial charge on any atom is 0.260 e. The average molecular weight is 1790 g/mol. The smallest absolute Gasteiger partial charge is 0.260 e. The second-order valence-electron chi connectivity index (χ2n) is 39.5. The number of benzene rings is 18. The van der Waals surface area contributed by atoms with Crippen LogP contribution in [0.3, 0.4) is 0 Å². The van der Waals surface area contributed by atoms with Crippen molar-refractivity contribution < 1.29 is 37.9 Å². The molecule has 0 spiro atoms. The first-order valence-electron chi connectivity index (χ1n) is 48.9. The monoisotopic (exact) mass is 1790 g/mol. The molecule has 0 saturated heterocycles. The maximum atomic E-state index is 6.51. The topological polar surface area (TPSA) is 73.8 Å². The third kappa shape index (κ3) is 16.0. The molecular weight excluding hydrogens is 1680 g/mol. The first-order valence-corrected chi connectivity index (χ1v) is 48.9. The van der Waals surface area contributed by atoms with Gasteiger partial charge in [0.05, 0.1) is 0 Å². The predicted octanol–water partition coefficient (Wildman–Crippen LogP) is 26.4. The summed E-state index contributed by atoms with van der Waals surface area (Å²) in [7, 11) is 0. The van der Waals surface area contributed by atoms with E-state index in [1.807, 2.05) is 66.7 Å². The zero-order valence-electron chi connectivity index (χ0n) is 79.8. The van der Waals surface area contributed by atoms with Crippen LogP contribution in [0.1, 0.15) is 152 Å². The molecule has 138 heavy (non-hydrogen) atoms. The Balaban J connectivity index is 0.000000104. The molecule has 18 aromatic rings. The van der Waals surface area contributed by atoms with Gasteiger partial charge in [-0.2, -0.15) is 0 Å². The number of hydrogen-bond acceptors (Lipinski definition) is 8. The lowest BCUT2D eigenvalue weighted by Gasteiger charge is -2.33. The highest BCUT2D eigenvalue weighted by molar-refractivity contribution is 7.00. The van der Waals surface area contributed by atoms with Gasteiger partial charge < -0.3 is 37.9 Å². The molecule has 8 nitrogen and oxygen atoms in total. The SMILES string of the molecule is CC(C)c1ccc(-c2ccc3c(c2)B2c4cc(-c5ccc(C(C)C)cc5)ccc4Oc4cccc(c42)O3)cc1.CC(C)c1ccc(-c2ccc3c(c2)B2c4ccccc4Oc4cccc(c42)O3)cc1.CC(C)c1ccc(-c2ccc3c(c2)Oc2cccc4c2B3c2ccc(-c3ccc(C(C)C)cc3)cc2O4)cc1.CC(C)c1ccc(-c2ccc3c(c2)Oc2cccc4c2B3c2ccccc2O4)cc1. The Morgan fingerprint density at radius 3 is 0.514 bits per heavy atom. The number of hydrogen-bond donors (Lipinski definition) is 0. The lowest BCUT2D eigenvalue weighted by Crippen LogP contribution is -2.57. The van der Waals surface area contributed by atoms with Crippen molar-refractivity contribution in [1.82, 2.24) is 0 Å². The minimum Gasteiger partial charge on any atom is -0.458 e. The first kappa shape index (κ1) is 86.7. The quantitative estimate of drug-likeness (QED) is 0.112. The highest BCUT2D eigenvalue weighted by Gasteiger charge is 2.45. The van der Waals surface area contributed by atoms with E-state index in [0.717, 1.165) is 125 Å². The summed E-state index contributed by atoms with van der Waals surface area (Å²) in [5.74, 6) is 17.5. The molecule has 8 heterocycles. The van der Waals surface area contributed by atoms with Gasteiger partial charge in [-0.1, -0.05) is 362 Å². The van der Waals surface area contributed by atoms with Crippen molar-refractivity contribution >= 4 is 92.4 Å². The van der Waals surface area contributed by atoms with E-state index in [1.165, 1.54) is 133 Å². The van der Waals surface area contributed by atoms with Gasteiger partial charge in [0, 0.05) is 21.9 Å². The molecule has 0 atom stereocenters. The average Bonchev–Trinajstić information content (AvgIpc) is 0.694. The van der Waals surface area contributed by atoms with E-state index in [2.05, 4.69) is 392 Å². The molecular formula is C126H104B4O8. The number of fused-ring (bicyclic) bond motifs is 16. The molecule has 8 aliphatic rings. The molecule has 668 valence electrons. The van der Waals surface area contributed by atoms with Gasteiger partial charge in [-0.15, -0.1) is 0 Å². The van der Waals surface area contributed by atoms with Crippen molar-refractivity contribution in [3.63, 3.8) is 0 Å². The summed E-state index contributed by atoms with van der Waals surface area (Å²) < 4.78 is 51.0. The first-order chi connectivity index (χ1) is 67.3. The van der Waals surface area contributed by atoms with E-state index in [0.29, 0.717) is 35.5 Å². The summed E-state index contributed by atoms with van der Waals surface area (Å²) in [5, 5.41) is 0. The second kappa shape index (κ2) is 35.7. The van der Waals surface area contributed by atoms with Crippen LogP contribution in [0.2, 0.25) is 0 Å². The molecule has 8 aliphatic heterocycles. The van der Waals surface area contributed by atoms with Crippen LogP contribution in [0.25, 0.3) is 66.8 Å². The minimum atomic E-state index is 0.0356. The Bertz CT molecular complexity index is 7510. The lowest BCUT2D eigenvalue weighted by molar-refractivity contribution is 0.464. The molecule has 0 bridgehead atoms. The van der Waals surface area contributed by atoms with Crippen LogP contribution in [-0.4, -0.2) is 26.9 Å². The molecule has 26 rings (SSSR count). The van der Waals surface area contributed by atoms with E-state index < -0.39 is 0 Å². The van der Waals surface area contributed by atoms with Crippen molar-refractivity contribution in [2.45, 2.75) is 119 Å². The Labute approximate surface area is 811 Å². The highest BCUT2D eigenvalue weighted by Crippen LogP contribution is 2.44. The summed E-state index contributed by atoms with van der Waals surface area (Å²) in [4.78, 5) is 0. The zero-order valence-corrected chi connectivity index (χ0v) is 79.8. The number of rotatable bonds is 12. The lowest BCUT2D eigenvalue weighted by atomic mass is 9.34. The van der Waals surface area contributed by atoms with E-state index in [-0.39, 0.29) is 26.9 Å². The van der Waals surface area contributed by atoms with E-state index in [9.17, 15) is 0 Å². The Morgan fingerprint density at radius 1 is 0.130 bits per heavy atom. The van der Waals surface area contributed by atoms with Crippen molar-refractivity contribution in [3.05, 3.63) is 409 Å². The zero-order chi connectivity index (χ0) is 93.8. The third-order valence-electron chi connectivity index (χ3n) is 28.9. The number of ether oxygens (including phenoxy) is 8. The molecule has 12 heteroatoms. The third-order valence-corrected chi connectivity index (χ3v) is 28.9. The van der Waals surface area contributed by atoms with Crippen LogP contribution in [0, 0.1) is 0 Å². The van der Waals surface area contributed by atoms with Gasteiger partial charge in [-0.25, -0.2) is 0 Å².